The van der Waals surface area contributed by atoms with Gasteiger partial charge in [-0.25, -0.2) is 0 Å². The lowest BCUT2D eigenvalue weighted by Gasteiger charge is -2.25. The Hall–Kier alpha value is -3.68. The molecule has 0 bridgehead atoms. The SMILES string of the molecule is CCCN1C(=O)C(=O)/C(=C(/O)c2cc(OC)ccc2OC)C1c1ccc(OC)c(OCC)c1. The average Bonchev–Trinajstić information content (AvgIpc) is 3.08. The molecular formula is C25H29NO7. The van der Waals surface area contributed by atoms with Gasteiger partial charge in [-0.2, -0.15) is 0 Å². The summed E-state index contributed by atoms with van der Waals surface area (Å²) in [5, 5.41) is 11.3. The lowest BCUT2D eigenvalue weighted by Crippen LogP contribution is -2.30. The van der Waals surface area contributed by atoms with E-state index in [1.165, 1.54) is 26.2 Å². The van der Waals surface area contributed by atoms with Gasteiger partial charge in [0.25, 0.3) is 11.7 Å². The van der Waals surface area contributed by atoms with E-state index in [-0.39, 0.29) is 16.9 Å². The van der Waals surface area contributed by atoms with Crippen LogP contribution in [0.1, 0.15) is 37.4 Å². The number of carbonyl (C=O) groups is 2. The number of benzene rings is 2. The Morgan fingerprint density at radius 1 is 0.939 bits per heavy atom. The van der Waals surface area contributed by atoms with Crippen LogP contribution in [0.5, 0.6) is 23.0 Å². The minimum absolute atomic E-state index is 0.0207. The molecule has 0 aromatic heterocycles. The fourth-order valence-corrected chi connectivity index (χ4v) is 3.97. The summed E-state index contributed by atoms with van der Waals surface area (Å²) in [6.07, 6.45) is 0.639. The minimum atomic E-state index is -0.800. The van der Waals surface area contributed by atoms with Crippen molar-refractivity contribution >= 4 is 17.4 Å². The molecule has 8 heteroatoms. The number of ether oxygens (including phenoxy) is 4. The molecule has 8 nitrogen and oxygen atoms in total. The molecule has 176 valence electrons. The average molecular weight is 456 g/mol. The maximum atomic E-state index is 13.1. The van der Waals surface area contributed by atoms with Gasteiger partial charge in [0.1, 0.15) is 17.3 Å². The van der Waals surface area contributed by atoms with Crippen LogP contribution in [0.15, 0.2) is 42.0 Å². The number of rotatable bonds is 9. The van der Waals surface area contributed by atoms with Crippen molar-refractivity contribution in [2.75, 3.05) is 34.5 Å². The van der Waals surface area contributed by atoms with Crippen molar-refractivity contribution in [3.8, 4) is 23.0 Å². The first kappa shape index (κ1) is 24.0. The summed E-state index contributed by atoms with van der Waals surface area (Å²) in [7, 11) is 4.50. The van der Waals surface area contributed by atoms with Crippen molar-refractivity contribution in [3.63, 3.8) is 0 Å². The molecule has 0 saturated carbocycles. The highest BCUT2D eigenvalue weighted by atomic mass is 16.5. The smallest absolute Gasteiger partial charge is 0.295 e. The van der Waals surface area contributed by atoms with E-state index in [1.807, 2.05) is 13.8 Å². The molecule has 1 aliphatic heterocycles. The molecule has 2 aromatic carbocycles. The first-order valence-electron chi connectivity index (χ1n) is 10.7. The number of methoxy groups -OCH3 is 3. The molecule has 2 aromatic rings. The largest absolute Gasteiger partial charge is 0.507 e. The lowest BCUT2D eigenvalue weighted by atomic mass is 9.94. The van der Waals surface area contributed by atoms with Crippen LogP contribution in [-0.2, 0) is 9.59 Å². The number of carbonyl (C=O) groups excluding carboxylic acids is 2. The van der Waals surface area contributed by atoms with Gasteiger partial charge in [-0.3, -0.25) is 9.59 Å². The molecule has 1 saturated heterocycles. The van der Waals surface area contributed by atoms with Gasteiger partial charge in [0, 0.05) is 6.54 Å². The monoisotopic (exact) mass is 455 g/mol. The van der Waals surface area contributed by atoms with Crippen LogP contribution in [0.2, 0.25) is 0 Å². The van der Waals surface area contributed by atoms with Crippen LogP contribution in [-0.4, -0.2) is 56.2 Å². The molecule has 0 radical (unpaired) electrons. The van der Waals surface area contributed by atoms with Crippen molar-refractivity contribution in [1.29, 1.82) is 0 Å². The summed E-state index contributed by atoms with van der Waals surface area (Å²) in [4.78, 5) is 27.6. The number of likely N-dealkylation sites (tertiary alicyclic amines) is 1. The molecule has 3 rings (SSSR count). The van der Waals surface area contributed by atoms with E-state index < -0.39 is 17.7 Å². The van der Waals surface area contributed by atoms with Gasteiger partial charge in [0.2, 0.25) is 0 Å². The van der Waals surface area contributed by atoms with Crippen molar-refractivity contribution in [3.05, 3.63) is 53.1 Å². The second kappa shape index (κ2) is 10.3. The number of aliphatic hydroxyl groups is 1. The third kappa shape index (κ3) is 4.46. The summed E-state index contributed by atoms with van der Waals surface area (Å²) in [5.74, 6) is 0.0735. The van der Waals surface area contributed by atoms with Gasteiger partial charge < -0.3 is 29.0 Å². The molecule has 1 N–H and O–H groups in total. The number of ketones is 1. The van der Waals surface area contributed by atoms with E-state index in [0.29, 0.717) is 48.1 Å². The Labute approximate surface area is 193 Å². The summed E-state index contributed by atoms with van der Waals surface area (Å²) in [6.45, 7) is 4.53. The highest BCUT2D eigenvalue weighted by Gasteiger charge is 2.46. The van der Waals surface area contributed by atoms with Gasteiger partial charge in [-0.1, -0.05) is 13.0 Å². The van der Waals surface area contributed by atoms with Crippen LogP contribution in [0.3, 0.4) is 0 Å². The maximum absolute atomic E-state index is 13.1. The van der Waals surface area contributed by atoms with Crippen LogP contribution in [0.25, 0.3) is 5.76 Å². The van der Waals surface area contributed by atoms with Gasteiger partial charge in [-0.15, -0.1) is 0 Å². The molecule has 33 heavy (non-hydrogen) atoms. The standard InChI is InChI=1S/C25H29NO7/c1-6-12-26-22(15-8-10-19(32-5)20(13-15)33-7-2)21(24(28)25(26)29)23(27)17-14-16(30-3)9-11-18(17)31-4/h8-11,13-14,22,27H,6-7,12H2,1-5H3/b23-21+. The predicted octanol–water partition coefficient (Wildman–Crippen LogP) is 3.94. The maximum Gasteiger partial charge on any atom is 0.295 e. The molecule has 1 heterocycles. The summed E-state index contributed by atoms with van der Waals surface area (Å²) in [6, 6.07) is 9.29. The van der Waals surface area contributed by atoms with Gasteiger partial charge in [0.05, 0.1) is 45.1 Å². The Kier molecular flexibility index (Phi) is 7.48. The highest BCUT2D eigenvalue weighted by Crippen LogP contribution is 2.43. The Morgan fingerprint density at radius 2 is 1.64 bits per heavy atom. The van der Waals surface area contributed by atoms with E-state index in [2.05, 4.69) is 0 Å². The zero-order chi connectivity index (χ0) is 24.1. The van der Waals surface area contributed by atoms with Crippen molar-refractivity contribution in [2.45, 2.75) is 26.3 Å². The van der Waals surface area contributed by atoms with Crippen molar-refractivity contribution in [2.24, 2.45) is 0 Å². The molecule has 1 unspecified atom stereocenters. The lowest BCUT2D eigenvalue weighted by molar-refractivity contribution is -0.139. The van der Waals surface area contributed by atoms with Crippen LogP contribution in [0.4, 0.5) is 0 Å². The minimum Gasteiger partial charge on any atom is -0.507 e. The van der Waals surface area contributed by atoms with Gasteiger partial charge >= 0.3 is 0 Å². The van der Waals surface area contributed by atoms with Crippen LogP contribution >= 0.6 is 0 Å². The quantitative estimate of drug-likeness (QED) is 0.348. The van der Waals surface area contributed by atoms with E-state index in [1.54, 1.807) is 36.4 Å². The topological polar surface area (TPSA) is 94.5 Å². The van der Waals surface area contributed by atoms with E-state index in [4.69, 9.17) is 18.9 Å². The first-order valence-corrected chi connectivity index (χ1v) is 10.7. The van der Waals surface area contributed by atoms with Crippen LogP contribution < -0.4 is 18.9 Å². The Balaban J connectivity index is 2.26. The number of Topliss-reactive ketones (excluding diaryl/α,β-unsaturated/α-hetero) is 1. The molecular weight excluding hydrogens is 426 g/mol. The molecule has 1 fully saturated rings. The number of aliphatic hydroxyl groups excluding tert-OH is 1. The van der Waals surface area contributed by atoms with Gasteiger partial charge in [0.15, 0.2) is 11.5 Å². The third-order valence-electron chi connectivity index (χ3n) is 5.47. The number of hydrogen-bond donors (Lipinski definition) is 1. The molecule has 1 atom stereocenters. The van der Waals surface area contributed by atoms with Crippen molar-refractivity contribution < 1.29 is 33.6 Å². The third-order valence-corrected chi connectivity index (χ3v) is 5.47. The number of nitrogens with zero attached hydrogens (tertiary/aromatic N) is 1. The van der Waals surface area contributed by atoms with Gasteiger partial charge in [-0.05, 0) is 49.2 Å². The number of amides is 1. The summed E-state index contributed by atoms with van der Waals surface area (Å²) < 4.78 is 21.7. The fraction of sp³-hybridized carbons (Fsp3) is 0.360. The van der Waals surface area contributed by atoms with Crippen LogP contribution in [0, 0.1) is 0 Å². The second-order valence-electron chi connectivity index (χ2n) is 7.40. The summed E-state index contributed by atoms with van der Waals surface area (Å²) in [5.41, 5.74) is 0.859. The summed E-state index contributed by atoms with van der Waals surface area (Å²) >= 11 is 0. The normalized spacial score (nSPS) is 17.2. The zero-order valence-electron chi connectivity index (χ0n) is 19.5. The fourth-order valence-electron chi connectivity index (χ4n) is 3.97. The Bertz CT molecular complexity index is 1080. The zero-order valence-corrected chi connectivity index (χ0v) is 19.5. The Morgan fingerprint density at radius 3 is 2.24 bits per heavy atom. The number of hydrogen-bond acceptors (Lipinski definition) is 7. The molecule has 0 spiro atoms. The predicted molar refractivity (Wildman–Crippen MR) is 123 cm³/mol. The highest BCUT2D eigenvalue weighted by molar-refractivity contribution is 6.46. The van der Waals surface area contributed by atoms with E-state index in [9.17, 15) is 14.7 Å². The second-order valence-corrected chi connectivity index (χ2v) is 7.40. The first-order chi connectivity index (χ1) is 15.9. The molecule has 1 amide bonds. The van der Waals surface area contributed by atoms with Crippen molar-refractivity contribution in [1.82, 2.24) is 4.90 Å². The van der Waals surface area contributed by atoms with E-state index in [0.717, 1.165) is 0 Å². The molecule has 1 aliphatic rings. The van der Waals surface area contributed by atoms with E-state index >= 15 is 0 Å². The molecule has 0 aliphatic carbocycles.